The van der Waals surface area contributed by atoms with E-state index in [1.807, 2.05) is 58.1 Å². The quantitative estimate of drug-likeness (QED) is 0.134. The topological polar surface area (TPSA) is 205 Å². The molecule has 0 aromatic heterocycles. The van der Waals surface area contributed by atoms with Crippen LogP contribution in [0.15, 0.2) is 47.6 Å². The zero-order chi connectivity index (χ0) is 50.3. The lowest BCUT2D eigenvalue weighted by Gasteiger charge is -2.42. The molecule has 0 spiro atoms. The largest absolute Gasteiger partial charge is 0.460 e. The Hall–Kier alpha value is -3.41. The molecule has 3 N–H and O–H groups in total. The first kappa shape index (κ1) is 57.2. The molecule has 3 heterocycles. The van der Waals surface area contributed by atoms with Crippen LogP contribution in [0.25, 0.3) is 0 Å². The fourth-order valence-corrected chi connectivity index (χ4v) is 10.5. The van der Waals surface area contributed by atoms with Crippen LogP contribution in [-0.4, -0.2) is 145 Å². The van der Waals surface area contributed by atoms with Crippen molar-refractivity contribution in [2.75, 3.05) is 41.1 Å². The lowest BCUT2D eigenvalue weighted by atomic mass is 9.78. The van der Waals surface area contributed by atoms with E-state index >= 15 is 0 Å². The van der Waals surface area contributed by atoms with Crippen molar-refractivity contribution in [2.45, 2.75) is 180 Å². The summed E-state index contributed by atoms with van der Waals surface area (Å²) in [4.78, 5) is 72.1. The summed E-state index contributed by atoms with van der Waals surface area (Å²) in [5.74, 6) is -7.96. The van der Waals surface area contributed by atoms with Crippen LogP contribution in [0.1, 0.15) is 126 Å². The van der Waals surface area contributed by atoms with Crippen molar-refractivity contribution in [1.82, 2.24) is 4.90 Å². The zero-order valence-electron chi connectivity index (χ0n) is 42.4. The maximum atomic E-state index is 14.5. The molecule has 2 bridgehead atoms. The molecule has 3 aliphatic heterocycles. The highest BCUT2D eigenvalue weighted by atomic mass is 16.6. The average molecular weight is 958 g/mol. The molecule has 4 aliphatic rings. The third-order valence-corrected chi connectivity index (χ3v) is 14.9. The van der Waals surface area contributed by atoms with Gasteiger partial charge in [0.2, 0.25) is 5.79 Å². The zero-order valence-corrected chi connectivity index (χ0v) is 42.4. The Morgan fingerprint density at radius 1 is 0.853 bits per heavy atom. The number of hydrogen-bond donors (Lipinski definition) is 3. The van der Waals surface area contributed by atoms with Crippen LogP contribution in [-0.2, 0) is 52.4 Å². The van der Waals surface area contributed by atoms with Gasteiger partial charge in [-0.15, -0.1) is 0 Å². The number of amides is 1. The summed E-state index contributed by atoms with van der Waals surface area (Å²) in [5, 5.41) is 32.8. The molecular formula is C53H83NO14. The third-order valence-electron chi connectivity index (χ3n) is 14.9. The van der Waals surface area contributed by atoms with Crippen LogP contribution in [0.3, 0.4) is 0 Å². The first-order valence-electron chi connectivity index (χ1n) is 25.0. The first-order valence-corrected chi connectivity index (χ1v) is 25.0. The summed E-state index contributed by atoms with van der Waals surface area (Å²) in [6, 6.07) is -1.14. The minimum atomic E-state index is -2.43. The van der Waals surface area contributed by atoms with Gasteiger partial charge in [-0.1, -0.05) is 71.1 Å². The summed E-state index contributed by atoms with van der Waals surface area (Å²) in [5.41, 5.74) is 1.26. The summed E-state index contributed by atoms with van der Waals surface area (Å²) >= 11 is 0. The Kier molecular flexibility index (Phi) is 22.9. The number of rotatable bonds is 9. The minimum absolute atomic E-state index is 0.0158. The van der Waals surface area contributed by atoms with Crippen molar-refractivity contribution in [3.05, 3.63) is 47.6 Å². The van der Waals surface area contributed by atoms with Crippen LogP contribution >= 0.6 is 0 Å². The SMILES string of the molecule is COC1C(=O)C(C)C[C@H](C)/C=C/C=C/C=C(\C)[C@@H](OC)C[C@@H]2CC[C@@H](C)[C@@](O)(O2)C(=O)C(=O)N2CCCC[C@H]2C(=O)O[C@H]([C@H](C)C[C@@H]2CC[C@@H](OCCO)[C@H](OC)C2)CC(=O)[C@H](C)/C=C(\C)[C@H]1O. The van der Waals surface area contributed by atoms with Crippen LogP contribution in [0, 0.1) is 35.5 Å². The van der Waals surface area contributed by atoms with E-state index in [1.54, 1.807) is 41.1 Å². The van der Waals surface area contributed by atoms with Gasteiger partial charge in [-0.3, -0.25) is 19.2 Å². The van der Waals surface area contributed by atoms with E-state index in [-0.39, 0.29) is 74.1 Å². The molecule has 15 atom stereocenters. The van der Waals surface area contributed by atoms with Crippen molar-refractivity contribution in [1.29, 1.82) is 0 Å². The number of cyclic esters (lactones) is 1. The second-order valence-corrected chi connectivity index (χ2v) is 20.2. The van der Waals surface area contributed by atoms with Crippen LogP contribution < -0.4 is 0 Å². The molecule has 0 radical (unpaired) electrons. The predicted octanol–water partition coefficient (Wildman–Crippen LogP) is 6.20. The van der Waals surface area contributed by atoms with Gasteiger partial charge in [0, 0.05) is 58.5 Å². The monoisotopic (exact) mass is 958 g/mol. The maximum absolute atomic E-state index is 14.5. The maximum Gasteiger partial charge on any atom is 0.329 e. The van der Waals surface area contributed by atoms with E-state index in [9.17, 15) is 39.3 Å². The van der Waals surface area contributed by atoms with E-state index in [0.29, 0.717) is 63.4 Å². The number of piperidine rings is 1. The van der Waals surface area contributed by atoms with Crippen molar-refractivity contribution in [2.24, 2.45) is 35.5 Å². The summed E-state index contributed by atoms with van der Waals surface area (Å²) in [6.07, 6.45) is 12.0. The molecule has 0 aromatic rings. The molecule has 384 valence electrons. The predicted molar refractivity (Wildman–Crippen MR) is 256 cm³/mol. The highest BCUT2D eigenvalue weighted by Gasteiger charge is 2.53. The summed E-state index contributed by atoms with van der Waals surface area (Å²) in [7, 11) is 4.58. The molecule has 2 saturated heterocycles. The number of fused-ring (bicyclic) bond motifs is 3. The van der Waals surface area contributed by atoms with Gasteiger partial charge in [0.25, 0.3) is 11.7 Å². The van der Waals surface area contributed by atoms with E-state index in [2.05, 4.69) is 0 Å². The number of ether oxygens (including phenoxy) is 6. The molecule has 0 aromatic carbocycles. The molecule has 1 amide bonds. The second-order valence-electron chi connectivity index (χ2n) is 20.2. The Morgan fingerprint density at radius 2 is 1.59 bits per heavy atom. The van der Waals surface area contributed by atoms with Gasteiger partial charge in [-0.2, -0.15) is 0 Å². The molecule has 4 rings (SSSR count). The number of carbonyl (C=O) groups excluding carboxylic acids is 5. The summed E-state index contributed by atoms with van der Waals surface area (Å²) < 4.78 is 35.6. The smallest absolute Gasteiger partial charge is 0.329 e. The third kappa shape index (κ3) is 15.3. The van der Waals surface area contributed by atoms with Gasteiger partial charge in [0.05, 0.1) is 37.6 Å². The Morgan fingerprint density at radius 3 is 2.26 bits per heavy atom. The molecule has 1 aliphatic carbocycles. The molecule has 2 unspecified atom stereocenters. The van der Waals surface area contributed by atoms with Gasteiger partial charge in [-0.05, 0) is 107 Å². The van der Waals surface area contributed by atoms with Crippen molar-refractivity contribution in [3.63, 3.8) is 0 Å². The number of aliphatic hydroxyl groups is 3. The molecule has 68 heavy (non-hydrogen) atoms. The van der Waals surface area contributed by atoms with E-state index in [0.717, 1.165) is 12.0 Å². The highest BCUT2D eigenvalue weighted by molar-refractivity contribution is 6.39. The van der Waals surface area contributed by atoms with Crippen molar-refractivity contribution < 1.29 is 67.7 Å². The average Bonchev–Trinajstić information content (AvgIpc) is 3.32. The van der Waals surface area contributed by atoms with Crippen LogP contribution in [0.5, 0.6) is 0 Å². The number of ketones is 3. The molecule has 15 heteroatoms. The number of carbonyl (C=O) groups is 5. The van der Waals surface area contributed by atoms with Gasteiger partial charge in [-0.25, -0.2) is 4.79 Å². The van der Waals surface area contributed by atoms with E-state index < -0.39 is 77.8 Å². The van der Waals surface area contributed by atoms with Crippen molar-refractivity contribution in [3.8, 4) is 0 Å². The fraction of sp³-hybridized carbons (Fsp3) is 0.755. The lowest BCUT2D eigenvalue weighted by Crippen LogP contribution is -2.61. The van der Waals surface area contributed by atoms with Crippen LogP contribution in [0.4, 0.5) is 0 Å². The van der Waals surface area contributed by atoms with E-state index in [1.165, 1.54) is 12.0 Å². The van der Waals surface area contributed by atoms with Gasteiger partial charge in [0.1, 0.15) is 30.1 Å². The number of aliphatic hydroxyl groups excluding tert-OH is 2. The van der Waals surface area contributed by atoms with Gasteiger partial charge >= 0.3 is 5.97 Å². The Labute approximate surface area is 405 Å². The Bertz CT molecular complexity index is 1810. The summed E-state index contributed by atoms with van der Waals surface area (Å²) in [6.45, 7) is 12.9. The standard InChI is InChI=1S/C53H83NO14/c1-32-16-12-11-13-17-33(2)44(63-8)30-40-21-19-38(7)53(62,68-40)50(59)51(60)54-23-15-14-18-41(54)52(61)67-45(35(4)28-39-20-22-43(66-25-24-55)46(29-39)64-9)31-42(56)34(3)27-37(6)48(58)49(65-10)47(57)36(5)26-32/h11-13,16-17,27,32,34-36,38-41,43-46,48-49,55,58,62H,14-15,18-26,28-31H2,1-10H3/b13-11+,16-12+,33-17+,37-27+/t32-,34-,35-,36?,38-,39+,40+,41+,43-,44+,45+,46-,48-,49?,53-/m1/s1. The highest BCUT2D eigenvalue weighted by Crippen LogP contribution is 2.38. The lowest BCUT2D eigenvalue weighted by molar-refractivity contribution is -0.265. The minimum Gasteiger partial charge on any atom is -0.460 e. The van der Waals surface area contributed by atoms with Gasteiger partial charge in [0.15, 0.2) is 5.78 Å². The number of nitrogens with zero attached hydrogens (tertiary/aromatic N) is 1. The van der Waals surface area contributed by atoms with Gasteiger partial charge < -0.3 is 48.6 Å². The molecule has 3 fully saturated rings. The number of esters is 1. The molecule has 1 saturated carbocycles. The number of hydrogen-bond acceptors (Lipinski definition) is 14. The van der Waals surface area contributed by atoms with Crippen LogP contribution in [0.2, 0.25) is 0 Å². The first-order chi connectivity index (χ1) is 32.3. The number of methoxy groups -OCH3 is 3. The normalized spacial score (nSPS) is 39.2. The number of Topliss-reactive ketones (excluding diaryl/α,β-unsaturated/α-hetero) is 3. The fourth-order valence-electron chi connectivity index (χ4n) is 10.5. The molecule has 15 nitrogen and oxygen atoms in total. The van der Waals surface area contributed by atoms with E-state index in [4.69, 9.17) is 28.4 Å². The second kappa shape index (κ2) is 27.3. The molecular weight excluding hydrogens is 875 g/mol. The number of allylic oxidation sites excluding steroid dienone is 6. The Balaban J connectivity index is 1.70. The van der Waals surface area contributed by atoms with Crippen molar-refractivity contribution >= 4 is 29.2 Å².